The standard InChI is InChI=1S/C60H75ClF2N4O17/c1-7-78-54(71)35-66(36-55(72)79-8-2)47-17-15-39(5)29-51(47)82-27-28-83-52-30-41(16-18-48(52)67(37-56(73)80-9-3)38-57(74)81-10-4)58-42-31-45(62)49(69)33-50(42)84-60-43(58)32-46(63)59(75)44(60)34-65(40(6)68)22-19-53(70)64-21-24-77-26-25-76-23-14-12-11-13-20-61/h15-18,29-33,69H,7-14,19-28,34-38H2,1-6H3,(H,64,70). The van der Waals surface area contributed by atoms with Gasteiger partial charge in [0, 0.05) is 61.5 Å². The third-order valence-electron chi connectivity index (χ3n) is 12.7. The van der Waals surface area contributed by atoms with Crippen molar-refractivity contribution in [2.24, 2.45) is 0 Å². The van der Waals surface area contributed by atoms with Crippen molar-refractivity contribution < 1.29 is 85.0 Å². The third kappa shape index (κ3) is 20.2. The first kappa shape index (κ1) is 67.0. The lowest BCUT2D eigenvalue weighted by Crippen LogP contribution is -2.36. The number of benzene rings is 4. The Morgan fingerprint density at radius 1 is 0.655 bits per heavy atom. The fourth-order valence-electron chi connectivity index (χ4n) is 8.85. The number of phenols is 1. The maximum Gasteiger partial charge on any atom is 0.325 e. The van der Waals surface area contributed by atoms with Crippen molar-refractivity contribution in [3.63, 3.8) is 0 Å². The van der Waals surface area contributed by atoms with E-state index in [-0.39, 0.29) is 135 Å². The highest BCUT2D eigenvalue weighted by Crippen LogP contribution is 2.45. The minimum absolute atomic E-state index is 0.00801. The molecule has 0 aromatic heterocycles. The number of halogens is 3. The summed E-state index contributed by atoms with van der Waals surface area (Å²) in [7, 11) is 0. The third-order valence-corrected chi connectivity index (χ3v) is 13.0. The zero-order valence-electron chi connectivity index (χ0n) is 48.4. The average molecular weight is 1200 g/mol. The van der Waals surface area contributed by atoms with Crippen LogP contribution >= 0.6 is 11.6 Å². The molecule has 0 unspecified atom stereocenters. The molecule has 0 radical (unpaired) electrons. The molecular weight excluding hydrogens is 1120 g/mol. The molecule has 0 atom stereocenters. The second kappa shape index (κ2) is 34.8. The van der Waals surface area contributed by atoms with E-state index in [1.165, 1.54) is 39.8 Å². The van der Waals surface area contributed by atoms with Crippen molar-refractivity contribution >= 4 is 69.6 Å². The van der Waals surface area contributed by atoms with E-state index in [0.29, 0.717) is 31.4 Å². The van der Waals surface area contributed by atoms with Gasteiger partial charge in [0.25, 0.3) is 0 Å². The van der Waals surface area contributed by atoms with E-state index in [1.54, 1.807) is 45.9 Å². The van der Waals surface area contributed by atoms with Crippen molar-refractivity contribution in [2.45, 2.75) is 80.2 Å². The number of carbonyl (C=O) groups is 6. The normalized spacial score (nSPS) is 11.1. The van der Waals surface area contributed by atoms with E-state index in [1.807, 2.05) is 6.92 Å². The van der Waals surface area contributed by atoms with E-state index in [9.17, 15) is 38.7 Å². The second-order valence-electron chi connectivity index (χ2n) is 19.0. The number of anilines is 2. The van der Waals surface area contributed by atoms with Gasteiger partial charge in [0.1, 0.15) is 62.2 Å². The number of nitrogens with zero attached hydrogens (tertiary/aromatic N) is 3. The molecule has 0 saturated heterocycles. The van der Waals surface area contributed by atoms with Crippen LogP contribution in [-0.2, 0) is 63.7 Å². The van der Waals surface area contributed by atoms with Gasteiger partial charge < -0.3 is 67.4 Å². The highest BCUT2D eigenvalue weighted by Gasteiger charge is 2.30. The molecule has 0 spiro atoms. The number of nitrogens with one attached hydrogen (secondary N) is 1. The number of carbonyl (C=O) groups excluding carboxylic acids is 6. The number of aryl methyl sites for hydroxylation is 1. The van der Waals surface area contributed by atoms with Crippen LogP contribution in [0.25, 0.3) is 33.4 Å². The summed E-state index contributed by atoms with van der Waals surface area (Å²) in [5.74, 6) is -6.15. The van der Waals surface area contributed by atoms with E-state index in [0.717, 1.165) is 49.4 Å². The molecule has 0 fully saturated rings. The molecule has 3 aromatic carbocycles. The van der Waals surface area contributed by atoms with Crippen LogP contribution in [0.4, 0.5) is 20.2 Å². The predicted molar refractivity (Wildman–Crippen MR) is 309 cm³/mol. The van der Waals surface area contributed by atoms with Crippen LogP contribution in [0.15, 0.2) is 63.8 Å². The summed E-state index contributed by atoms with van der Waals surface area (Å²) in [6.07, 6.45) is 3.76. The van der Waals surface area contributed by atoms with Gasteiger partial charge in [-0.3, -0.25) is 33.6 Å². The Hall–Kier alpha value is -7.76. The number of hydrogen-bond donors (Lipinski definition) is 2. The number of alkyl halides is 1. The monoisotopic (exact) mass is 1200 g/mol. The van der Waals surface area contributed by atoms with Crippen molar-refractivity contribution in [1.29, 1.82) is 0 Å². The predicted octanol–water partition coefficient (Wildman–Crippen LogP) is 7.87. The summed E-state index contributed by atoms with van der Waals surface area (Å²) in [6, 6.07) is 12.4. The van der Waals surface area contributed by atoms with Crippen LogP contribution < -0.4 is 30.0 Å². The molecule has 458 valence electrons. The molecular formula is C60H75ClF2N4O17. The Labute approximate surface area is 491 Å². The van der Waals surface area contributed by atoms with E-state index in [4.69, 9.17) is 53.9 Å². The van der Waals surface area contributed by atoms with Crippen LogP contribution in [0.3, 0.4) is 0 Å². The van der Waals surface area contributed by atoms with E-state index < -0.39 is 78.1 Å². The highest BCUT2D eigenvalue weighted by atomic mass is 35.5. The molecule has 1 heterocycles. The molecule has 3 aromatic rings. The first-order valence-electron chi connectivity index (χ1n) is 27.9. The molecule has 1 aliphatic heterocycles. The van der Waals surface area contributed by atoms with Gasteiger partial charge in [-0.25, -0.2) is 8.78 Å². The number of hydrogen-bond acceptors (Lipinski definition) is 19. The van der Waals surface area contributed by atoms with Crippen LogP contribution in [0.2, 0.25) is 0 Å². The number of aromatic hydroxyl groups is 1. The minimum atomic E-state index is -1.26. The first-order chi connectivity index (χ1) is 40.4. The first-order valence-corrected chi connectivity index (χ1v) is 28.4. The summed E-state index contributed by atoms with van der Waals surface area (Å²) >= 11 is 5.71. The fraction of sp³-hybridized carbons (Fsp3) is 0.483. The lowest BCUT2D eigenvalue weighted by Gasteiger charge is -2.27. The van der Waals surface area contributed by atoms with Gasteiger partial charge in [0.05, 0.1) is 69.7 Å². The van der Waals surface area contributed by atoms with Gasteiger partial charge in [-0.05, 0) is 95.0 Å². The SMILES string of the molecule is CCOC(=O)CN(CC(=O)OCC)c1ccc(C)cc1OCCOc1cc(-c2c3cc(F)c(=O)c(CN(CCC(=O)NCCOCCOCCCCCCCl)C(C)=O)c-3oc3cc(O)c(F)cc23)ccc1N(CC(=O)OCC)CC(=O)OCC. The highest BCUT2D eigenvalue weighted by molar-refractivity contribution is 6.17. The Balaban J connectivity index is 1.51. The van der Waals surface area contributed by atoms with Crippen LogP contribution in [0, 0.1) is 18.6 Å². The van der Waals surface area contributed by atoms with Crippen molar-refractivity contribution in [3.8, 4) is 39.7 Å². The van der Waals surface area contributed by atoms with Crippen LogP contribution in [0.5, 0.6) is 17.2 Å². The van der Waals surface area contributed by atoms with Gasteiger partial charge in [-0.2, -0.15) is 0 Å². The summed E-state index contributed by atoms with van der Waals surface area (Å²) < 4.78 is 82.8. The number of amides is 2. The zero-order chi connectivity index (χ0) is 61.1. The summed E-state index contributed by atoms with van der Waals surface area (Å²) in [6.45, 7) is 8.70. The van der Waals surface area contributed by atoms with E-state index in [2.05, 4.69) is 5.32 Å². The molecule has 0 bridgehead atoms. The van der Waals surface area contributed by atoms with Gasteiger partial charge in [0.2, 0.25) is 17.2 Å². The summed E-state index contributed by atoms with van der Waals surface area (Å²) in [5, 5.41) is 13.4. The maximum absolute atomic E-state index is 16.3. The van der Waals surface area contributed by atoms with Crippen LogP contribution in [-0.4, -0.2) is 157 Å². The summed E-state index contributed by atoms with van der Waals surface area (Å²) in [5.41, 5.74) is -0.201. The lowest BCUT2D eigenvalue weighted by atomic mass is 9.90. The molecule has 5 rings (SSSR count). The maximum atomic E-state index is 16.3. The summed E-state index contributed by atoms with van der Waals surface area (Å²) in [4.78, 5) is 95.8. The van der Waals surface area contributed by atoms with Crippen molar-refractivity contribution in [2.75, 3.05) is 121 Å². The van der Waals surface area contributed by atoms with E-state index >= 15 is 8.78 Å². The fourth-order valence-corrected chi connectivity index (χ4v) is 9.04. The quantitative estimate of drug-likeness (QED) is 0.0126. The van der Waals surface area contributed by atoms with Gasteiger partial charge >= 0.3 is 23.9 Å². The minimum Gasteiger partial charge on any atom is -0.505 e. The van der Waals surface area contributed by atoms with Crippen molar-refractivity contribution in [1.82, 2.24) is 10.2 Å². The van der Waals surface area contributed by atoms with Gasteiger partial charge in [0.15, 0.2) is 17.4 Å². The number of unbranched alkanes of at least 4 members (excludes halogenated alkanes) is 3. The number of fused-ring (bicyclic) bond motifs is 2. The molecule has 2 N–H and O–H groups in total. The second-order valence-corrected chi connectivity index (χ2v) is 19.3. The molecule has 24 heteroatoms. The topological polar surface area (TPSA) is 248 Å². The Morgan fingerprint density at radius 3 is 1.76 bits per heavy atom. The van der Waals surface area contributed by atoms with Crippen LogP contribution in [0.1, 0.15) is 77.8 Å². The largest absolute Gasteiger partial charge is 0.505 e. The molecule has 2 amide bonds. The molecule has 21 nitrogen and oxygen atoms in total. The Morgan fingerprint density at radius 2 is 1.20 bits per heavy atom. The number of ether oxygens (including phenoxy) is 8. The number of rotatable bonds is 37. The van der Waals surface area contributed by atoms with Gasteiger partial charge in [-0.15, -0.1) is 11.6 Å². The Kier molecular flexibility index (Phi) is 27.7. The Bertz CT molecular complexity index is 3010. The molecule has 1 aliphatic carbocycles. The number of phenolic OH excluding ortho intramolecular Hbond substituents is 1. The lowest BCUT2D eigenvalue weighted by molar-refractivity contribution is -0.144. The average Bonchev–Trinajstić information content (AvgIpc) is 1.74. The van der Waals surface area contributed by atoms with Crippen molar-refractivity contribution in [3.05, 3.63) is 87.6 Å². The molecule has 2 aliphatic rings. The molecule has 84 heavy (non-hydrogen) atoms. The zero-order valence-corrected chi connectivity index (χ0v) is 49.2. The molecule has 0 saturated carbocycles. The van der Waals surface area contributed by atoms with Gasteiger partial charge in [-0.1, -0.05) is 25.0 Å². The smallest absolute Gasteiger partial charge is 0.325 e. The number of esters is 4.